The molecule has 0 fully saturated rings. The third-order valence-electron chi connectivity index (χ3n) is 25.7. The number of hydrogen-bond acceptors (Lipinski definition) is 0. The predicted molar refractivity (Wildman–Crippen MR) is 501 cm³/mol. The van der Waals surface area contributed by atoms with Crippen LogP contribution in [-0.4, -0.2) is 0 Å². The lowest BCUT2D eigenvalue weighted by atomic mass is 9.77. The maximum atomic E-state index is 2.49. The quantitative estimate of drug-likeness (QED) is 0.0533. The summed E-state index contributed by atoms with van der Waals surface area (Å²) in [6.07, 6.45) is 86.0. The second-order valence-electron chi connectivity index (χ2n) is 40.3. The highest BCUT2D eigenvalue weighted by Gasteiger charge is 2.22. The number of unbranched alkanes of at least 4 members (excludes halogenated alkanes) is 21. The van der Waals surface area contributed by atoms with Crippen LogP contribution in [0.25, 0.3) is 0 Å². The van der Waals surface area contributed by atoms with E-state index < -0.39 is 0 Å². The van der Waals surface area contributed by atoms with Crippen LogP contribution in [0.1, 0.15) is 593 Å². The molecule has 0 rings (SSSR count). The van der Waals surface area contributed by atoms with Crippen LogP contribution < -0.4 is 0 Å². The first-order valence-electron chi connectivity index (χ1n) is 50.5. The first kappa shape index (κ1) is 117. The van der Waals surface area contributed by atoms with Gasteiger partial charge < -0.3 is 0 Å². The Morgan fingerprint density at radius 3 is 0.830 bits per heavy atom. The molecule has 0 radical (unpaired) electrons. The third-order valence-corrected chi connectivity index (χ3v) is 25.7. The van der Waals surface area contributed by atoms with Crippen molar-refractivity contribution in [3.63, 3.8) is 0 Å². The Morgan fingerprint density at radius 2 is 0.462 bits per heavy atom. The molecule has 106 heavy (non-hydrogen) atoms. The second kappa shape index (κ2) is 87.4. The Labute approximate surface area is 682 Å². The molecule has 0 aromatic heterocycles. The maximum absolute atomic E-state index is 2.49. The molecule has 0 amide bonds. The first-order chi connectivity index (χ1) is 50.5. The monoisotopic (exact) mass is 1500 g/mol. The third kappa shape index (κ3) is 94.6. The zero-order valence-electron chi connectivity index (χ0n) is 81.5. The standard InChI is InChI=1S/C21H44.2C19H40.C17H36.2C15H32/c1-4-7-9-11-13-14-16-18-20-21(6-3)19-17-15-12-10-8-5-2;1-9-17(11-10-14-18(3,4)5)13-12-16(2)15-19(6,7)8;1-6-17(4)13-10-9-11-15-19(8-3)16-12-14-18(5)7-2;1-6-9-11-12-14-16(5)17(8-3)15(4)13-10-7-2;1-6-15(12-11-14(4)5)10-8-7-9-13(2)3;1-5-8-9-11-15(7-3)13-12-14(4)10-6-2/h21H,4-20H2,1-3H3;16-17H,9-15H2,1-8H3;17-19H,6-16H2,1-5H3;15-17H,6-14H2,1-5H3;13-15H,6-12H2,1-5H3;14-15H,5-13H2,1-4H3. The van der Waals surface area contributed by atoms with Gasteiger partial charge in [0.1, 0.15) is 0 Å². The van der Waals surface area contributed by atoms with Crippen LogP contribution in [-0.2, 0) is 0 Å². The van der Waals surface area contributed by atoms with Crippen LogP contribution in [0, 0.1) is 93.7 Å². The van der Waals surface area contributed by atoms with Gasteiger partial charge in [-0.05, 0) is 107 Å². The minimum Gasteiger partial charge on any atom is -0.0654 e. The fourth-order valence-electron chi connectivity index (χ4n) is 17.0. The highest BCUT2D eigenvalue weighted by molar-refractivity contribution is 4.73. The fraction of sp³-hybridized carbons (Fsp3) is 1.00. The van der Waals surface area contributed by atoms with Crippen molar-refractivity contribution < 1.29 is 0 Å². The fourth-order valence-corrected chi connectivity index (χ4v) is 17.0. The van der Waals surface area contributed by atoms with E-state index in [1.165, 1.54) is 385 Å². The van der Waals surface area contributed by atoms with Gasteiger partial charge in [-0.25, -0.2) is 0 Å². The molecule has 0 nitrogen and oxygen atoms in total. The first-order valence-corrected chi connectivity index (χ1v) is 50.5. The molecule has 0 aliphatic carbocycles. The van der Waals surface area contributed by atoms with Gasteiger partial charge in [-0.1, -0.05) is 580 Å². The minimum atomic E-state index is 0.493. The minimum absolute atomic E-state index is 0.493. The van der Waals surface area contributed by atoms with Gasteiger partial charge in [-0.15, -0.1) is 0 Å². The Hall–Kier alpha value is 0. The SMILES string of the molecule is CCC(C)CCCCCC(CC)CCCC(C)CC.CCC(CCCC(C)(C)C)CCC(C)CC(C)(C)C.CCC(CCCCC(C)C)CCC(C)C.CCCCCC(CC)CCC(C)CCC.CCCCCCC(C)C(CC)C(C)CCCC.CCCCCCCCCCC(CC)CCCCCCCC. The van der Waals surface area contributed by atoms with Gasteiger partial charge in [-0.2, -0.15) is 0 Å². The molecule has 0 saturated heterocycles. The van der Waals surface area contributed by atoms with Crippen molar-refractivity contribution in [1.82, 2.24) is 0 Å². The van der Waals surface area contributed by atoms with Crippen molar-refractivity contribution in [1.29, 1.82) is 0 Å². The van der Waals surface area contributed by atoms with E-state index in [0.717, 1.165) is 82.9 Å². The Kier molecular flexibility index (Phi) is 96.3. The molecule has 0 N–H and O–H groups in total. The van der Waals surface area contributed by atoms with Gasteiger partial charge in [0.25, 0.3) is 0 Å². The summed E-state index contributed by atoms with van der Waals surface area (Å²) in [5, 5.41) is 0. The van der Waals surface area contributed by atoms with Crippen molar-refractivity contribution in [2.45, 2.75) is 593 Å². The topological polar surface area (TPSA) is 0 Å². The predicted octanol–water partition coefficient (Wildman–Crippen LogP) is 40.5. The van der Waals surface area contributed by atoms with Crippen LogP contribution >= 0.6 is 0 Å². The van der Waals surface area contributed by atoms with E-state index in [2.05, 4.69) is 208 Å². The Balaban J connectivity index is -0.000000284. The molecular formula is C106H224. The summed E-state index contributed by atoms with van der Waals surface area (Å²) in [6, 6.07) is 0. The highest BCUT2D eigenvalue weighted by atomic mass is 14.3. The van der Waals surface area contributed by atoms with Gasteiger partial charge >= 0.3 is 0 Å². The van der Waals surface area contributed by atoms with Crippen LogP contribution in [0.5, 0.6) is 0 Å². The van der Waals surface area contributed by atoms with E-state index in [4.69, 9.17) is 0 Å². The van der Waals surface area contributed by atoms with Gasteiger partial charge in [0.05, 0.1) is 0 Å². The zero-order chi connectivity index (χ0) is 81.5. The normalized spacial score (nSPS) is 15.2. The lowest BCUT2D eigenvalue weighted by Crippen LogP contribution is -2.19. The van der Waals surface area contributed by atoms with Gasteiger partial charge in [0.2, 0.25) is 0 Å². The van der Waals surface area contributed by atoms with Crippen LogP contribution in [0.2, 0.25) is 0 Å². The van der Waals surface area contributed by atoms with Crippen LogP contribution in [0.15, 0.2) is 0 Å². The highest BCUT2D eigenvalue weighted by Crippen LogP contribution is 2.34. The molecule has 0 aromatic carbocycles. The molecule has 12 unspecified atom stereocenters. The van der Waals surface area contributed by atoms with Gasteiger partial charge in [-0.3, -0.25) is 0 Å². The summed E-state index contributed by atoms with van der Waals surface area (Å²) in [5.41, 5.74) is 1.01. The summed E-state index contributed by atoms with van der Waals surface area (Å²) >= 11 is 0. The van der Waals surface area contributed by atoms with Crippen molar-refractivity contribution in [3.8, 4) is 0 Å². The van der Waals surface area contributed by atoms with Crippen molar-refractivity contribution >= 4 is 0 Å². The van der Waals surface area contributed by atoms with Gasteiger partial charge in [0.15, 0.2) is 0 Å². The molecule has 0 bridgehead atoms. The Morgan fingerprint density at radius 1 is 0.179 bits per heavy atom. The van der Waals surface area contributed by atoms with Crippen molar-refractivity contribution in [3.05, 3.63) is 0 Å². The lowest BCUT2D eigenvalue weighted by Gasteiger charge is -2.29. The summed E-state index contributed by atoms with van der Waals surface area (Å²) in [5.74, 6) is 13.3. The molecule has 0 heterocycles. The van der Waals surface area contributed by atoms with Crippen molar-refractivity contribution in [2.24, 2.45) is 93.7 Å². The van der Waals surface area contributed by atoms with Crippen LogP contribution in [0.3, 0.4) is 0 Å². The Bertz CT molecular complexity index is 1530. The van der Waals surface area contributed by atoms with E-state index in [9.17, 15) is 0 Å². The maximum Gasteiger partial charge on any atom is -0.0365 e. The van der Waals surface area contributed by atoms with E-state index in [1.54, 1.807) is 0 Å². The number of rotatable bonds is 68. The van der Waals surface area contributed by atoms with E-state index in [-0.39, 0.29) is 0 Å². The molecule has 0 spiro atoms. The molecule has 0 heteroatoms. The summed E-state index contributed by atoms with van der Waals surface area (Å²) in [6.45, 7) is 70.8. The average Bonchev–Trinajstić information content (AvgIpc) is 0.914. The smallest absolute Gasteiger partial charge is 0.0365 e. The van der Waals surface area contributed by atoms with Gasteiger partial charge in [0, 0.05) is 0 Å². The summed E-state index contributed by atoms with van der Waals surface area (Å²) < 4.78 is 0. The molecule has 0 aromatic rings. The van der Waals surface area contributed by atoms with E-state index in [1.807, 2.05) is 0 Å². The second-order valence-corrected chi connectivity index (χ2v) is 40.3. The van der Waals surface area contributed by atoms with E-state index in [0.29, 0.717) is 10.8 Å². The molecule has 12 atom stereocenters. The zero-order valence-corrected chi connectivity index (χ0v) is 81.5. The average molecular weight is 1500 g/mol. The summed E-state index contributed by atoms with van der Waals surface area (Å²) in [7, 11) is 0. The molecule has 0 aliphatic rings. The van der Waals surface area contributed by atoms with Crippen LogP contribution in [0.4, 0.5) is 0 Å². The van der Waals surface area contributed by atoms with E-state index >= 15 is 0 Å². The largest absolute Gasteiger partial charge is 0.0654 e. The molecular weight excluding hydrogens is 1270 g/mol. The molecule has 648 valence electrons. The van der Waals surface area contributed by atoms with Crippen molar-refractivity contribution in [2.75, 3.05) is 0 Å². The summed E-state index contributed by atoms with van der Waals surface area (Å²) in [4.78, 5) is 0. The number of hydrogen-bond donors (Lipinski definition) is 0. The molecule has 0 saturated carbocycles. The lowest BCUT2D eigenvalue weighted by molar-refractivity contribution is 0.218. The molecule has 0 aliphatic heterocycles.